The van der Waals surface area contributed by atoms with E-state index in [1.807, 2.05) is 73.6 Å². The molecule has 4 aromatic rings. The Kier molecular flexibility index (Phi) is 9.38. The lowest BCUT2D eigenvalue weighted by Gasteiger charge is -2.18. The molecule has 0 aromatic heterocycles. The normalized spacial score (nSPS) is 10.5. The minimum absolute atomic E-state index is 0.266. The summed E-state index contributed by atoms with van der Waals surface area (Å²) in [6, 6.07) is 34.1. The van der Waals surface area contributed by atoms with Crippen LogP contribution in [0.15, 0.2) is 115 Å². The first-order chi connectivity index (χ1) is 17.4. The van der Waals surface area contributed by atoms with Crippen LogP contribution in [0.1, 0.15) is 27.6 Å². The number of rotatable bonds is 7. The Labute approximate surface area is 212 Å². The molecular formula is C30H30NO4P. The summed E-state index contributed by atoms with van der Waals surface area (Å²) in [7, 11) is 0.540. The van der Waals surface area contributed by atoms with E-state index in [2.05, 4.69) is 0 Å². The first kappa shape index (κ1) is 26.7. The number of esters is 1. The molecule has 5 nitrogen and oxygen atoms in total. The predicted octanol–water partition coefficient (Wildman–Crippen LogP) is 5.77. The number of hydrogen-bond donors (Lipinski definition) is 0. The molecule has 36 heavy (non-hydrogen) atoms. The van der Waals surface area contributed by atoms with E-state index in [4.69, 9.17) is 4.74 Å². The fourth-order valence-corrected chi connectivity index (χ4v) is 6.00. The van der Waals surface area contributed by atoms with E-state index in [1.165, 1.54) is 0 Å². The second kappa shape index (κ2) is 12.7. The first-order valence-corrected chi connectivity index (χ1v) is 13.3. The molecule has 0 N–H and O–H groups in total. The van der Waals surface area contributed by atoms with E-state index < -0.39 is 7.14 Å². The summed E-state index contributed by atoms with van der Waals surface area (Å²) in [4.78, 5) is 26.3. The maximum absolute atomic E-state index is 13.8. The van der Waals surface area contributed by atoms with Crippen LogP contribution >= 0.6 is 7.14 Å². The van der Waals surface area contributed by atoms with Crippen LogP contribution in [0.2, 0.25) is 0 Å². The van der Waals surface area contributed by atoms with Crippen LogP contribution in [-0.2, 0) is 9.30 Å². The van der Waals surface area contributed by atoms with Crippen molar-refractivity contribution in [2.75, 3.05) is 25.6 Å². The number of carbonyl (C=O) groups excluding carboxylic acids is 2. The number of nitrogens with zero attached hydrogens (tertiary/aromatic N) is 1. The molecule has 6 heteroatoms. The van der Waals surface area contributed by atoms with Crippen molar-refractivity contribution in [3.05, 3.63) is 126 Å². The summed E-state index contributed by atoms with van der Waals surface area (Å²) in [5.74, 6) is -0.266. The molecule has 0 saturated heterocycles. The lowest BCUT2D eigenvalue weighted by atomic mass is 10.2. The van der Waals surface area contributed by atoms with Crippen LogP contribution in [0.5, 0.6) is 0 Å². The van der Waals surface area contributed by atoms with Gasteiger partial charge in [-0.1, -0.05) is 91.0 Å². The third-order valence-electron chi connectivity index (χ3n) is 5.44. The molecule has 0 aliphatic carbocycles. The molecule has 0 spiro atoms. The van der Waals surface area contributed by atoms with Gasteiger partial charge in [-0.2, -0.15) is 0 Å². The van der Waals surface area contributed by atoms with Crippen molar-refractivity contribution < 1.29 is 18.9 Å². The monoisotopic (exact) mass is 499 g/mol. The molecule has 4 rings (SSSR count). The van der Waals surface area contributed by atoms with E-state index in [0.29, 0.717) is 28.3 Å². The van der Waals surface area contributed by atoms with Gasteiger partial charge in [-0.15, -0.1) is 0 Å². The Morgan fingerprint density at radius 1 is 0.667 bits per heavy atom. The van der Waals surface area contributed by atoms with E-state index in [-0.39, 0.29) is 11.5 Å². The molecule has 0 amide bonds. The predicted molar refractivity (Wildman–Crippen MR) is 147 cm³/mol. The van der Waals surface area contributed by atoms with Gasteiger partial charge < -0.3 is 14.2 Å². The lowest BCUT2D eigenvalue weighted by molar-refractivity contribution is 0.0526. The highest BCUT2D eigenvalue weighted by Crippen LogP contribution is 2.46. The van der Waals surface area contributed by atoms with E-state index in [1.54, 1.807) is 67.6 Å². The molecule has 0 saturated carbocycles. The Balaban J connectivity index is 0.000000223. The number of hydrogen-bond acceptors (Lipinski definition) is 5. The Morgan fingerprint density at radius 2 is 1.11 bits per heavy atom. The highest BCUT2D eigenvalue weighted by atomic mass is 31.2. The molecule has 0 bridgehead atoms. The molecule has 0 aliphatic heterocycles. The number of anilines is 1. The zero-order chi connectivity index (χ0) is 26.0. The average molecular weight is 500 g/mol. The zero-order valence-electron chi connectivity index (χ0n) is 20.7. The van der Waals surface area contributed by atoms with E-state index in [0.717, 1.165) is 5.69 Å². The third-order valence-corrected chi connectivity index (χ3v) is 8.32. The maximum Gasteiger partial charge on any atom is 0.338 e. The lowest BCUT2D eigenvalue weighted by Crippen LogP contribution is -2.22. The van der Waals surface area contributed by atoms with Crippen molar-refractivity contribution in [1.82, 2.24) is 0 Å². The maximum atomic E-state index is 13.8. The Bertz CT molecular complexity index is 1260. The van der Waals surface area contributed by atoms with Crippen molar-refractivity contribution in [3.8, 4) is 0 Å². The van der Waals surface area contributed by atoms with Gasteiger partial charge in [-0.3, -0.25) is 4.79 Å². The Hall–Kier alpha value is -3.95. The standard InChI is InChI=1S/C19H15O2P.C11H15NO2/c20-19(16-10-4-1-5-11-16)22(21,17-12-6-2-7-13-17)18-14-8-3-9-15-18;1-4-14-11(13)9-5-7-10(8-6-9)12(2)3/h1-15H;5-8H,4H2,1-3H3. The summed E-state index contributed by atoms with van der Waals surface area (Å²) < 4.78 is 18.6. The minimum atomic E-state index is -3.38. The van der Waals surface area contributed by atoms with Crippen LogP contribution in [0.25, 0.3) is 0 Å². The van der Waals surface area contributed by atoms with Gasteiger partial charge in [0.05, 0.1) is 12.2 Å². The fourth-order valence-electron chi connectivity index (χ4n) is 3.53. The van der Waals surface area contributed by atoms with Gasteiger partial charge in [-0.05, 0) is 31.2 Å². The molecule has 184 valence electrons. The largest absolute Gasteiger partial charge is 0.462 e. The third kappa shape index (κ3) is 6.38. The molecule has 0 heterocycles. The summed E-state index contributed by atoms with van der Waals surface area (Å²) in [6.45, 7) is 2.21. The van der Waals surface area contributed by atoms with Gasteiger partial charge >= 0.3 is 5.97 Å². The molecule has 4 aromatic carbocycles. The van der Waals surface area contributed by atoms with Crippen molar-refractivity contribution >= 4 is 34.9 Å². The van der Waals surface area contributed by atoms with E-state index >= 15 is 0 Å². The van der Waals surface area contributed by atoms with Crippen molar-refractivity contribution in [2.45, 2.75) is 6.92 Å². The molecule has 0 atom stereocenters. The SMILES string of the molecule is CCOC(=O)c1ccc(N(C)C)cc1.O=C(c1ccccc1)P(=O)(c1ccccc1)c1ccccc1. The second-order valence-corrected chi connectivity index (χ2v) is 10.8. The molecule has 0 fully saturated rings. The molecule has 0 aliphatic rings. The quantitative estimate of drug-likeness (QED) is 0.239. The van der Waals surface area contributed by atoms with Gasteiger partial charge in [0.2, 0.25) is 12.7 Å². The van der Waals surface area contributed by atoms with Crippen LogP contribution in [0.4, 0.5) is 5.69 Å². The fraction of sp³-hybridized carbons (Fsp3) is 0.133. The Morgan fingerprint density at radius 3 is 1.53 bits per heavy atom. The topological polar surface area (TPSA) is 63.7 Å². The van der Waals surface area contributed by atoms with Gasteiger partial charge in [0.25, 0.3) is 0 Å². The molecular weight excluding hydrogens is 469 g/mol. The zero-order valence-corrected chi connectivity index (χ0v) is 21.6. The number of ether oxygens (including phenoxy) is 1. The average Bonchev–Trinajstić information content (AvgIpc) is 2.94. The van der Waals surface area contributed by atoms with Gasteiger partial charge in [0.15, 0.2) is 0 Å². The highest BCUT2D eigenvalue weighted by molar-refractivity contribution is 7.93. The van der Waals surface area contributed by atoms with Gasteiger partial charge in [0, 0.05) is 36.0 Å². The second-order valence-electron chi connectivity index (χ2n) is 8.11. The van der Waals surface area contributed by atoms with Gasteiger partial charge in [-0.25, -0.2) is 4.79 Å². The summed E-state index contributed by atoms with van der Waals surface area (Å²) in [5, 5.41) is 1.13. The van der Waals surface area contributed by atoms with Gasteiger partial charge in [0.1, 0.15) is 0 Å². The smallest absolute Gasteiger partial charge is 0.338 e. The van der Waals surface area contributed by atoms with Crippen molar-refractivity contribution in [1.29, 1.82) is 0 Å². The van der Waals surface area contributed by atoms with Crippen molar-refractivity contribution in [2.24, 2.45) is 0 Å². The van der Waals surface area contributed by atoms with E-state index in [9.17, 15) is 14.2 Å². The summed E-state index contributed by atoms with van der Waals surface area (Å²) in [6.07, 6.45) is 0. The van der Waals surface area contributed by atoms with Crippen molar-refractivity contribution in [3.63, 3.8) is 0 Å². The summed E-state index contributed by atoms with van der Waals surface area (Å²) >= 11 is 0. The molecule has 0 unspecified atom stereocenters. The highest BCUT2D eigenvalue weighted by Gasteiger charge is 2.36. The number of carbonyl (C=O) groups is 2. The van der Waals surface area contributed by atoms with Crippen LogP contribution < -0.4 is 15.5 Å². The van der Waals surface area contributed by atoms with Crippen LogP contribution in [-0.4, -0.2) is 32.2 Å². The first-order valence-electron chi connectivity index (χ1n) is 11.6. The summed E-state index contributed by atoms with van der Waals surface area (Å²) in [5.41, 5.74) is 1.81. The minimum Gasteiger partial charge on any atom is -0.462 e. The molecule has 0 radical (unpaired) electrons. The van der Waals surface area contributed by atoms with Crippen LogP contribution in [0, 0.1) is 0 Å². The number of benzene rings is 4. The van der Waals surface area contributed by atoms with Crippen LogP contribution in [0.3, 0.4) is 0 Å².